The number of nitrogens with zero attached hydrogens (tertiary/aromatic N) is 1. The van der Waals surface area contributed by atoms with Gasteiger partial charge in [0.15, 0.2) is 0 Å². The van der Waals surface area contributed by atoms with Gasteiger partial charge < -0.3 is 26.0 Å². The van der Waals surface area contributed by atoms with Gasteiger partial charge in [-0.1, -0.05) is 12.8 Å². The molecule has 6 N–H and O–H groups in total. The first-order valence-corrected chi connectivity index (χ1v) is 7.62. The third kappa shape index (κ3) is 5.92. The maximum Gasteiger partial charge on any atom is 0.451 e. The first-order chi connectivity index (χ1) is 9.89. The second-order valence-electron chi connectivity index (χ2n) is 5.95. The van der Waals surface area contributed by atoms with Crippen LogP contribution in [0.2, 0.25) is 6.32 Å². The molecule has 7 nitrogen and oxygen atoms in total. The Labute approximate surface area is 125 Å². The first-order valence-electron chi connectivity index (χ1n) is 7.62. The Hall–Kier alpha value is -0.665. The molecule has 0 spiro atoms. The van der Waals surface area contributed by atoms with E-state index in [4.69, 9.17) is 15.8 Å². The van der Waals surface area contributed by atoms with Crippen molar-refractivity contribution >= 4 is 13.1 Å². The maximum atomic E-state index is 11.4. The van der Waals surface area contributed by atoms with Gasteiger partial charge in [-0.3, -0.25) is 9.69 Å². The summed E-state index contributed by atoms with van der Waals surface area (Å²) in [5.74, 6) is -1.02. The molecule has 0 aromatic heterocycles. The van der Waals surface area contributed by atoms with Crippen LogP contribution in [0.15, 0.2) is 0 Å². The lowest BCUT2D eigenvalue weighted by atomic mass is 9.81. The molecule has 1 rings (SSSR count). The highest BCUT2D eigenvalue weighted by Gasteiger charge is 2.35. The molecule has 1 saturated heterocycles. The quantitative estimate of drug-likeness (QED) is 0.265. The van der Waals surface area contributed by atoms with Gasteiger partial charge in [0, 0.05) is 12.6 Å². The molecule has 0 aromatic rings. The standard InChI is InChI=1S/C13H27BN2O5/c15-13(12(18)19,5-1-2-7-14(20)21)6-9-16-8-3-4-11(16)10-17/h11,17,20-21H,1-10,15H2,(H,18,19)/t11-,13-/m1/s1. The number of aliphatic hydroxyl groups is 1. The van der Waals surface area contributed by atoms with Crippen molar-refractivity contribution in [3.63, 3.8) is 0 Å². The number of nitrogens with two attached hydrogens (primary N) is 1. The minimum atomic E-state index is -1.35. The van der Waals surface area contributed by atoms with Gasteiger partial charge >= 0.3 is 13.1 Å². The molecule has 0 radical (unpaired) electrons. The smallest absolute Gasteiger partial charge is 0.451 e. The van der Waals surface area contributed by atoms with Crippen molar-refractivity contribution in [3.05, 3.63) is 0 Å². The summed E-state index contributed by atoms with van der Waals surface area (Å²) in [5, 5.41) is 36.2. The van der Waals surface area contributed by atoms with Crippen LogP contribution in [-0.2, 0) is 4.79 Å². The van der Waals surface area contributed by atoms with Gasteiger partial charge in [-0.05, 0) is 38.5 Å². The molecule has 0 saturated carbocycles. The van der Waals surface area contributed by atoms with Crippen LogP contribution in [0.1, 0.15) is 38.5 Å². The van der Waals surface area contributed by atoms with E-state index < -0.39 is 18.6 Å². The molecule has 8 heteroatoms. The number of likely N-dealkylation sites (tertiary alicyclic amines) is 1. The summed E-state index contributed by atoms with van der Waals surface area (Å²) in [5.41, 5.74) is 4.72. The van der Waals surface area contributed by atoms with E-state index in [-0.39, 0.29) is 19.0 Å². The van der Waals surface area contributed by atoms with Gasteiger partial charge in [-0.25, -0.2) is 0 Å². The third-order valence-corrected chi connectivity index (χ3v) is 4.32. The minimum Gasteiger partial charge on any atom is -0.480 e. The number of hydrogen-bond donors (Lipinski definition) is 5. The third-order valence-electron chi connectivity index (χ3n) is 4.32. The van der Waals surface area contributed by atoms with Gasteiger partial charge in [-0.2, -0.15) is 0 Å². The molecule has 1 aliphatic heterocycles. The summed E-state index contributed by atoms with van der Waals surface area (Å²) >= 11 is 0. The summed E-state index contributed by atoms with van der Waals surface area (Å²) in [7, 11) is -1.35. The Balaban J connectivity index is 2.42. The number of aliphatic hydroxyl groups excluding tert-OH is 1. The van der Waals surface area contributed by atoms with Gasteiger partial charge in [0.2, 0.25) is 0 Å². The number of aliphatic carboxylic acids is 1. The highest BCUT2D eigenvalue weighted by molar-refractivity contribution is 6.40. The number of carboxylic acids is 1. The topological polar surface area (TPSA) is 127 Å². The van der Waals surface area contributed by atoms with E-state index in [2.05, 4.69) is 4.90 Å². The van der Waals surface area contributed by atoms with Crippen LogP contribution in [0.4, 0.5) is 0 Å². The number of hydrogen-bond acceptors (Lipinski definition) is 6. The second kappa shape index (κ2) is 8.70. The van der Waals surface area contributed by atoms with Crippen LogP contribution < -0.4 is 5.73 Å². The van der Waals surface area contributed by atoms with Crippen molar-refractivity contribution in [2.24, 2.45) is 5.73 Å². The average Bonchev–Trinajstić information content (AvgIpc) is 2.88. The maximum absolute atomic E-state index is 11.4. The Bertz CT molecular complexity index is 332. The molecule has 1 heterocycles. The fourth-order valence-corrected chi connectivity index (χ4v) is 2.85. The molecule has 0 amide bonds. The van der Waals surface area contributed by atoms with E-state index in [0.717, 1.165) is 19.4 Å². The van der Waals surface area contributed by atoms with Crippen LogP contribution in [0.3, 0.4) is 0 Å². The summed E-state index contributed by atoms with van der Waals surface area (Å²) in [4.78, 5) is 13.5. The molecule has 1 fully saturated rings. The van der Waals surface area contributed by atoms with E-state index in [9.17, 15) is 15.0 Å². The molecule has 21 heavy (non-hydrogen) atoms. The van der Waals surface area contributed by atoms with Crippen molar-refractivity contribution in [1.29, 1.82) is 0 Å². The minimum absolute atomic E-state index is 0.0963. The van der Waals surface area contributed by atoms with Crippen molar-refractivity contribution in [2.45, 2.75) is 56.4 Å². The monoisotopic (exact) mass is 302 g/mol. The average molecular weight is 302 g/mol. The lowest BCUT2D eigenvalue weighted by molar-refractivity contribution is -0.144. The Morgan fingerprint density at radius 2 is 2.05 bits per heavy atom. The molecule has 2 atom stereocenters. The fourth-order valence-electron chi connectivity index (χ4n) is 2.85. The Kier molecular flexibility index (Phi) is 7.62. The largest absolute Gasteiger partial charge is 0.480 e. The molecule has 1 aliphatic rings. The van der Waals surface area contributed by atoms with E-state index in [0.29, 0.717) is 32.2 Å². The Morgan fingerprint density at radius 1 is 1.33 bits per heavy atom. The van der Waals surface area contributed by atoms with Crippen molar-refractivity contribution < 1.29 is 25.1 Å². The fraction of sp³-hybridized carbons (Fsp3) is 0.923. The van der Waals surface area contributed by atoms with E-state index in [1.54, 1.807) is 0 Å². The summed E-state index contributed by atoms with van der Waals surface area (Å²) in [6.07, 6.45) is 3.91. The molecule has 0 aromatic carbocycles. The number of carboxylic acid groups (broad SMARTS) is 1. The van der Waals surface area contributed by atoms with E-state index >= 15 is 0 Å². The van der Waals surface area contributed by atoms with Crippen LogP contribution in [0.25, 0.3) is 0 Å². The highest BCUT2D eigenvalue weighted by atomic mass is 16.4. The predicted octanol–water partition coefficient (Wildman–Crippen LogP) is -0.742. The van der Waals surface area contributed by atoms with Gasteiger partial charge in [0.1, 0.15) is 5.54 Å². The zero-order chi connectivity index (χ0) is 15.9. The van der Waals surface area contributed by atoms with Gasteiger partial charge in [-0.15, -0.1) is 0 Å². The van der Waals surface area contributed by atoms with Gasteiger partial charge in [0.05, 0.1) is 6.61 Å². The number of unbranched alkanes of at least 4 members (excludes halogenated alkanes) is 1. The molecular weight excluding hydrogens is 275 g/mol. The molecule has 0 aliphatic carbocycles. The molecule has 122 valence electrons. The number of rotatable bonds is 10. The summed E-state index contributed by atoms with van der Waals surface area (Å²) < 4.78 is 0. The van der Waals surface area contributed by atoms with Crippen molar-refractivity contribution in [1.82, 2.24) is 4.90 Å². The van der Waals surface area contributed by atoms with Crippen molar-refractivity contribution in [2.75, 3.05) is 19.7 Å². The zero-order valence-electron chi connectivity index (χ0n) is 12.4. The zero-order valence-corrected chi connectivity index (χ0v) is 12.4. The van der Waals surface area contributed by atoms with Crippen LogP contribution >= 0.6 is 0 Å². The van der Waals surface area contributed by atoms with Crippen molar-refractivity contribution in [3.8, 4) is 0 Å². The van der Waals surface area contributed by atoms with E-state index in [1.165, 1.54) is 0 Å². The van der Waals surface area contributed by atoms with Crippen LogP contribution in [0, 0.1) is 0 Å². The predicted molar refractivity (Wildman–Crippen MR) is 79.7 cm³/mol. The van der Waals surface area contributed by atoms with Gasteiger partial charge in [0.25, 0.3) is 0 Å². The Morgan fingerprint density at radius 3 is 2.62 bits per heavy atom. The summed E-state index contributed by atoms with van der Waals surface area (Å²) in [6.45, 7) is 1.54. The normalized spacial score (nSPS) is 22.2. The molecule has 0 bridgehead atoms. The van der Waals surface area contributed by atoms with E-state index in [1.807, 2.05) is 0 Å². The molecule has 0 unspecified atom stereocenters. The van der Waals surface area contributed by atoms with Crippen LogP contribution in [0.5, 0.6) is 0 Å². The lowest BCUT2D eigenvalue weighted by Crippen LogP contribution is -2.50. The molecular formula is C13H27BN2O5. The first kappa shape index (κ1) is 18.4. The van der Waals surface area contributed by atoms with Crippen LogP contribution in [-0.4, -0.2) is 69.5 Å². The highest BCUT2D eigenvalue weighted by Crippen LogP contribution is 2.22. The second-order valence-corrected chi connectivity index (χ2v) is 5.95. The number of carbonyl (C=O) groups is 1. The lowest BCUT2D eigenvalue weighted by Gasteiger charge is -2.29. The summed E-state index contributed by atoms with van der Waals surface area (Å²) in [6, 6.07) is 0.118. The SMILES string of the molecule is N[C@](CCCCB(O)O)(CCN1CCC[C@@H]1CO)C(=O)O.